The first-order chi connectivity index (χ1) is 7.06. The fourth-order valence-corrected chi connectivity index (χ4v) is 1.15. The van der Waals surface area contributed by atoms with Gasteiger partial charge in [-0.25, -0.2) is 4.79 Å². The third kappa shape index (κ3) is 2.49. The number of aromatic carboxylic acids is 1. The maximum absolute atomic E-state index is 11.2. The summed E-state index contributed by atoms with van der Waals surface area (Å²) < 4.78 is 0. The van der Waals surface area contributed by atoms with Gasteiger partial charge in [-0.05, 0) is 12.1 Å². The van der Waals surface area contributed by atoms with Gasteiger partial charge in [0.15, 0.2) is 5.78 Å². The lowest BCUT2D eigenvalue weighted by atomic mass is 10.0. The topological polar surface area (TPSA) is 78.2 Å². The molecule has 0 atom stereocenters. The van der Waals surface area contributed by atoms with Crippen LogP contribution in [0.2, 0.25) is 0 Å². The lowest BCUT2D eigenvalue weighted by Gasteiger charge is -2.02. The minimum Gasteiger partial charge on any atom is -0.478 e. The second kappa shape index (κ2) is 4.50. The highest BCUT2D eigenvalue weighted by atomic mass is 16.4. The molecule has 0 unspecified atom stereocenters. The Morgan fingerprint density at radius 2 is 1.93 bits per heavy atom. The van der Waals surface area contributed by atoms with Gasteiger partial charge < -0.3 is 5.11 Å². The molecule has 0 aliphatic heterocycles. The lowest BCUT2D eigenvalue weighted by molar-refractivity contribution is -0.112. The number of hydrogen-bond donors (Lipinski definition) is 2. The van der Waals surface area contributed by atoms with E-state index in [-0.39, 0.29) is 23.5 Å². The Hall–Kier alpha value is -1.97. The quantitative estimate of drug-likeness (QED) is 0.735. The van der Waals surface area contributed by atoms with Gasteiger partial charge in [0.1, 0.15) is 5.71 Å². The zero-order valence-electron chi connectivity index (χ0n) is 8.28. The highest BCUT2D eigenvalue weighted by Crippen LogP contribution is 2.07. The first-order valence-electron chi connectivity index (χ1n) is 4.51. The number of carboxylic acid groups (broad SMARTS) is 1. The summed E-state index contributed by atoms with van der Waals surface area (Å²) in [5.41, 5.74) is 0.295. The van der Waals surface area contributed by atoms with E-state index in [0.29, 0.717) is 5.56 Å². The molecule has 4 nitrogen and oxygen atoms in total. The standard InChI is InChI=1S/C11H11NO3/c1-2-9(13)10(12)7-4-3-5-8(6-7)11(14)15/h3-6,12H,2H2,1H3,(H,14,15). The van der Waals surface area contributed by atoms with Crippen LogP contribution in [0.3, 0.4) is 0 Å². The van der Waals surface area contributed by atoms with Crippen LogP contribution in [-0.4, -0.2) is 22.6 Å². The molecule has 78 valence electrons. The number of nitrogens with one attached hydrogen (secondary N) is 1. The van der Waals surface area contributed by atoms with Crippen molar-refractivity contribution >= 4 is 17.5 Å². The minimum atomic E-state index is -1.06. The van der Waals surface area contributed by atoms with E-state index in [1.54, 1.807) is 13.0 Å². The number of carboxylic acids is 1. The van der Waals surface area contributed by atoms with Crippen LogP contribution < -0.4 is 0 Å². The molecule has 0 fully saturated rings. The maximum Gasteiger partial charge on any atom is 0.335 e. The van der Waals surface area contributed by atoms with E-state index in [1.807, 2.05) is 0 Å². The number of hydrogen-bond acceptors (Lipinski definition) is 3. The van der Waals surface area contributed by atoms with E-state index in [0.717, 1.165) is 0 Å². The van der Waals surface area contributed by atoms with Crippen LogP contribution in [0.4, 0.5) is 0 Å². The van der Waals surface area contributed by atoms with Crippen LogP contribution >= 0.6 is 0 Å². The zero-order chi connectivity index (χ0) is 11.4. The molecule has 15 heavy (non-hydrogen) atoms. The Bertz CT molecular complexity index is 424. The van der Waals surface area contributed by atoms with Crippen molar-refractivity contribution in [2.45, 2.75) is 13.3 Å². The van der Waals surface area contributed by atoms with Crippen molar-refractivity contribution in [3.63, 3.8) is 0 Å². The van der Waals surface area contributed by atoms with E-state index >= 15 is 0 Å². The van der Waals surface area contributed by atoms with Gasteiger partial charge in [0, 0.05) is 12.0 Å². The molecule has 0 aromatic heterocycles. The monoisotopic (exact) mass is 205 g/mol. The predicted octanol–water partition coefficient (Wildman–Crippen LogP) is 1.73. The van der Waals surface area contributed by atoms with Crippen LogP contribution in [-0.2, 0) is 4.79 Å². The van der Waals surface area contributed by atoms with Gasteiger partial charge in [0.2, 0.25) is 0 Å². The van der Waals surface area contributed by atoms with Crippen LogP contribution in [0.1, 0.15) is 29.3 Å². The number of Topliss-reactive ketones (excluding diaryl/α,β-unsaturated/α-hetero) is 1. The van der Waals surface area contributed by atoms with Crippen molar-refractivity contribution in [3.05, 3.63) is 35.4 Å². The van der Waals surface area contributed by atoms with Gasteiger partial charge in [-0.2, -0.15) is 0 Å². The molecule has 2 N–H and O–H groups in total. The van der Waals surface area contributed by atoms with Gasteiger partial charge in [-0.3, -0.25) is 10.2 Å². The molecule has 0 saturated heterocycles. The molecule has 0 radical (unpaired) electrons. The van der Waals surface area contributed by atoms with Crippen molar-refractivity contribution < 1.29 is 14.7 Å². The predicted molar refractivity (Wildman–Crippen MR) is 55.5 cm³/mol. The first-order valence-corrected chi connectivity index (χ1v) is 4.51. The van der Waals surface area contributed by atoms with E-state index in [9.17, 15) is 9.59 Å². The molecule has 0 heterocycles. The third-order valence-electron chi connectivity index (χ3n) is 2.00. The molecule has 0 spiro atoms. The summed E-state index contributed by atoms with van der Waals surface area (Å²) in [6.07, 6.45) is 0.246. The summed E-state index contributed by atoms with van der Waals surface area (Å²) in [4.78, 5) is 21.9. The highest BCUT2D eigenvalue weighted by molar-refractivity contribution is 6.44. The summed E-state index contributed by atoms with van der Waals surface area (Å²) in [5, 5.41) is 16.3. The Morgan fingerprint density at radius 3 is 2.47 bits per heavy atom. The summed E-state index contributed by atoms with van der Waals surface area (Å²) in [6, 6.07) is 5.84. The normalized spacial score (nSPS) is 9.67. The average molecular weight is 205 g/mol. The lowest BCUT2D eigenvalue weighted by Crippen LogP contribution is -2.13. The Balaban J connectivity index is 3.05. The fraction of sp³-hybridized carbons (Fsp3) is 0.182. The summed E-state index contributed by atoms with van der Waals surface area (Å²) in [7, 11) is 0. The molecule has 0 amide bonds. The van der Waals surface area contributed by atoms with Gasteiger partial charge in [0.25, 0.3) is 0 Å². The number of carbonyl (C=O) groups excluding carboxylic acids is 1. The summed E-state index contributed by atoms with van der Waals surface area (Å²) in [6.45, 7) is 1.66. The van der Waals surface area contributed by atoms with Crippen LogP contribution in [0.15, 0.2) is 24.3 Å². The Morgan fingerprint density at radius 1 is 1.33 bits per heavy atom. The molecule has 1 rings (SSSR count). The van der Waals surface area contributed by atoms with Gasteiger partial charge >= 0.3 is 5.97 Å². The second-order valence-corrected chi connectivity index (χ2v) is 3.04. The van der Waals surface area contributed by atoms with Gasteiger partial charge in [-0.15, -0.1) is 0 Å². The van der Waals surface area contributed by atoms with Crippen LogP contribution in [0.5, 0.6) is 0 Å². The van der Waals surface area contributed by atoms with Crippen molar-refractivity contribution in [2.24, 2.45) is 0 Å². The summed E-state index contributed by atoms with van der Waals surface area (Å²) >= 11 is 0. The van der Waals surface area contributed by atoms with E-state index in [2.05, 4.69) is 0 Å². The van der Waals surface area contributed by atoms with Crippen LogP contribution in [0, 0.1) is 5.41 Å². The Labute approximate surface area is 87.1 Å². The van der Waals surface area contributed by atoms with Crippen molar-refractivity contribution in [3.8, 4) is 0 Å². The molecule has 0 bridgehead atoms. The van der Waals surface area contributed by atoms with Gasteiger partial charge in [0.05, 0.1) is 5.56 Å². The molecular formula is C11H11NO3. The van der Waals surface area contributed by atoms with E-state index in [1.165, 1.54) is 18.2 Å². The van der Waals surface area contributed by atoms with E-state index < -0.39 is 5.97 Å². The van der Waals surface area contributed by atoms with Crippen molar-refractivity contribution in [2.75, 3.05) is 0 Å². The molecule has 4 heteroatoms. The number of ketones is 1. The number of benzene rings is 1. The average Bonchev–Trinajstić information content (AvgIpc) is 2.27. The molecular weight excluding hydrogens is 194 g/mol. The van der Waals surface area contributed by atoms with Crippen molar-refractivity contribution in [1.29, 1.82) is 5.41 Å². The molecule has 0 aliphatic carbocycles. The molecule has 1 aromatic carbocycles. The number of carbonyl (C=O) groups is 2. The molecule has 1 aromatic rings. The number of rotatable bonds is 4. The smallest absolute Gasteiger partial charge is 0.335 e. The largest absolute Gasteiger partial charge is 0.478 e. The molecule has 0 saturated carbocycles. The second-order valence-electron chi connectivity index (χ2n) is 3.04. The summed E-state index contributed by atoms with van der Waals surface area (Å²) in [5.74, 6) is -1.36. The minimum absolute atomic E-state index is 0.0844. The van der Waals surface area contributed by atoms with E-state index in [4.69, 9.17) is 10.5 Å². The van der Waals surface area contributed by atoms with Gasteiger partial charge in [-0.1, -0.05) is 19.1 Å². The first kappa shape index (κ1) is 11.1. The highest BCUT2D eigenvalue weighted by Gasteiger charge is 2.11. The fourth-order valence-electron chi connectivity index (χ4n) is 1.15. The van der Waals surface area contributed by atoms with Crippen molar-refractivity contribution in [1.82, 2.24) is 0 Å². The maximum atomic E-state index is 11.2. The third-order valence-corrected chi connectivity index (χ3v) is 2.00. The SMILES string of the molecule is CCC(=O)C(=N)c1cccc(C(=O)O)c1. The zero-order valence-corrected chi connectivity index (χ0v) is 8.28. The Kier molecular flexibility index (Phi) is 3.33. The van der Waals surface area contributed by atoms with Crippen LogP contribution in [0.25, 0.3) is 0 Å². The molecule has 0 aliphatic rings.